The number of carbonyl (C=O) groups is 1. The van der Waals surface area contributed by atoms with Gasteiger partial charge in [0.1, 0.15) is 10.0 Å². The van der Waals surface area contributed by atoms with Crippen molar-refractivity contribution in [2.75, 3.05) is 11.9 Å². The Bertz CT molecular complexity index is 867. The van der Waals surface area contributed by atoms with Gasteiger partial charge in [0.15, 0.2) is 12.4 Å². The molecule has 1 N–H and O–H groups in total. The minimum atomic E-state index is -0.409. The Kier molecular flexibility index (Phi) is 7.62. The third-order valence-electron chi connectivity index (χ3n) is 3.63. The number of hydrogen-bond donors (Lipinski definition) is 1. The molecule has 0 saturated carbocycles. The molecule has 0 atom stereocenters. The van der Waals surface area contributed by atoms with Crippen LogP contribution in [0.5, 0.6) is 5.75 Å². The molecular weight excluding hydrogens is 519 g/mol. The number of ether oxygens (including phenoxy) is 1. The molecule has 0 spiro atoms. The first kappa shape index (κ1) is 22.9. The zero-order valence-corrected chi connectivity index (χ0v) is 19.9. The van der Waals surface area contributed by atoms with E-state index >= 15 is 0 Å². The summed E-state index contributed by atoms with van der Waals surface area (Å²) in [5.74, 6) is -0.413. The number of benzene rings is 2. The molecule has 0 aliphatic heterocycles. The van der Waals surface area contributed by atoms with Crippen molar-refractivity contribution >= 4 is 85.5 Å². The van der Waals surface area contributed by atoms with Gasteiger partial charge in [-0.1, -0.05) is 84.8 Å². The SMILES string of the molecule is CC(C)(C)c1ccc(NC(=O)COc2c(Cl)c(Cl)c(Cl)c(Cl)c2Cl)c(Br)c1. The first-order chi connectivity index (χ1) is 12.4. The van der Waals surface area contributed by atoms with Crippen molar-refractivity contribution in [2.24, 2.45) is 0 Å². The van der Waals surface area contributed by atoms with E-state index < -0.39 is 5.91 Å². The summed E-state index contributed by atoms with van der Waals surface area (Å²) >= 11 is 33.5. The summed E-state index contributed by atoms with van der Waals surface area (Å²) in [5, 5.41) is 2.75. The monoisotopic (exact) mass is 531 g/mol. The van der Waals surface area contributed by atoms with E-state index in [-0.39, 0.29) is 42.9 Å². The van der Waals surface area contributed by atoms with Crippen molar-refractivity contribution in [2.45, 2.75) is 26.2 Å². The molecular formula is C18H15BrCl5NO2. The molecule has 0 aliphatic rings. The highest BCUT2D eigenvalue weighted by atomic mass is 79.9. The Morgan fingerprint density at radius 1 is 1.00 bits per heavy atom. The maximum Gasteiger partial charge on any atom is 0.262 e. The standard InChI is InChI=1S/C18H15BrCl5NO2/c1-18(2,3)8-4-5-10(9(19)6-8)25-11(26)7-27-17-15(23)13(21)12(20)14(22)16(17)24/h4-6H,7H2,1-3H3,(H,25,26). The zero-order valence-electron chi connectivity index (χ0n) is 14.5. The van der Waals surface area contributed by atoms with Gasteiger partial charge in [-0.3, -0.25) is 4.79 Å². The molecule has 2 aromatic carbocycles. The van der Waals surface area contributed by atoms with Gasteiger partial charge in [0.2, 0.25) is 0 Å². The van der Waals surface area contributed by atoms with Crippen LogP contribution in [-0.4, -0.2) is 12.5 Å². The van der Waals surface area contributed by atoms with Gasteiger partial charge in [0.25, 0.3) is 5.91 Å². The Balaban J connectivity index is 2.12. The maximum atomic E-state index is 12.2. The Morgan fingerprint density at radius 3 is 2.00 bits per heavy atom. The molecule has 27 heavy (non-hydrogen) atoms. The number of hydrogen-bond acceptors (Lipinski definition) is 2. The molecule has 0 heterocycles. The van der Waals surface area contributed by atoms with Crippen LogP contribution >= 0.6 is 73.9 Å². The predicted molar refractivity (Wildman–Crippen MR) is 118 cm³/mol. The lowest BCUT2D eigenvalue weighted by Gasteiger charge is -2.20. The normalized spacial score (nSPS) is 11.4. The third-order valence-corrected chi connectivity index (χ3v) is 6.52. The molecule has 1 amide bonds. The number of anilines is 1. The average molecular weight is 534 g/mol. The molecule has 2 rings (SSSR count). The van der Waals surface area contributed by atoms with Crippen molar-refractivity contribution in [3.8, 4) is 5.75 Å². The molecule has 3 nitrogen and oxygen atoms in total. The smallest absolute Gasteiger partial charge is 0.262 e. The molecule has 0 unspecified atom stereocenters. The number of amides is 1. The number of halogens is 6. The molecule has 0 aromatic heterocycles. The van der Waals surface area contributed by atoms with E-state index in [1.165, 1.54) is 0 Å². The lowest BCUT2D eigenvalue weighted by molar-refractivity contribution is -0.118. The van der Waals surface area contributed by atoms with E-state index in [0.717, 1.165) is 10.0 Å². The van der Waals surface area contributed by atoms with Crippen LogP contribution in [0.15, 0.2) is 22.7 Å². The van der Waals surface area contributed by atoms with E-state index in [1.807, 2.05) is 18.2 Å². The van der Waals surface area contributed by atoms with E-state index in [4.69, 9.17) is 62.7 Å². The molecule has 0 aliphatic carbocycles. The summed E-state index contributed by atoms with van der Waals surface area (Å²) in [6, 6.07) is 5.73. The fourth-order valence-corrected chi connectivity index (χ4v) is 3.83. The minimum absolute atomic E-state index is 0.00338. The molecule has 0 saturated heterocycles. The molecule has 0 bridgehead atoms. The first-order valence-corrected chi connectivity index (χ1v) is 10.4. The third kappa shape index (κ3) is 5.37. The van der Waals surface area contributed by atoms with Crippen molar-refractivity contribution < 1.29 is 9.53 Å². The van der Waals surface area contributed by atoms with E-state index in [2.05, 4.69) is 42.0 Å². The second-order valence-corrected chi connectivity index (χ2v) is 9.42. The Labute approximate surface area is 191 Å². The maximum absolute atomic E-state index is 12.2. The van der Waals surface area contributed by atoms with E-state index in [0.29, 0.717) is 5.69 Å². The highest BCUT2D eigenvalue weighted by Gasteiger charge is 2.21. The van der Waals surface area contributed by atoms with Crippen LogP contribution in [0.4, 0.5) is 5.69 Å². The first-order valence-electron chi connectivity index (χ1n) is 7.67. The van der Waals surface area contributed by atoms with Gasteiger partial charge in [0.05, 0.1) is 20.8 Å². The lowest BCUT2D eigenvalue weighted by Crippen LogP contribution is -2.21. The van der Waals surface area contributed by atoms with E-state index in [9.17, 15) is 4.79 Å². The molecule has 0 radical (unpaired) electrons. The zero-order chi connectivity index (χ0) is 20.5. The Morgan fingerprint density at radius 2 is 1.52 bits per heavy atom. The topological polar surface area (TPSA) is 38.3 Å². The van der Waals surface area contributed by atoms with Crippen LogP contribution in [-0.2, 0) is 10.2 Å². The summed E-state index contributed by atoms with van der Waals surface area (Å²) in [7, 11) is 0. The molecule has 9 heteroatoms. The summed E-state index contributed by atoms with van der Waals surface area (Å²) in [6.45, 7) is 5.98. The van der Waals surface area contributed by atoms with Gasteiger partial charge in [0, 0.05) is 4.47 Å². The lowest BCUT2D eigenvalue weighted by atomic mass is 9.87. The molecule has 0 fully saturated rings. The number of rotatable bonds is 4. The largest absolute Gasteiger partial charge is 0.481 e. The number of carbonyl (C=O) groups excluding carboxylic acids is 1. The summed E-state index contributed by atoms with van der Waals surface area (Å²) in [5.41, 5.74) is 1.74. The van der Waals surface area contributed by atoms with Gasteiger partial charge in [-0.25, -0.2) is 0 Å². The average Bonchev–Trinajstić information content (AvgIpc) is 2.59. The summed E-state index contributed by atoms with van der Waals surface area (Å²) in [4.78, 5) is 12.2. The van der Waals surface area contributed by atoms with Crippen LogP contribution in [0.1, 0.15) is 26.3 Å². The van der Waals surface area contributed by atoms with Gasteiger partial charge in [-0.05, 0) is 39.0 Å². The minimum Gasteiger partial charge on any atom is -0.481 e. The second-order valence-electron chi connectivity index (χ2n) is 6.68. The quantitative estimate of drug-likeness (QED) is 0.319. The molecule has 2 aromatic rings. The van der Waals surface area contributed by atoms with Crippen molar-refractivity contribution in [3.63, 3.8) is 0 Å². The van der Waals surface area contributed by atoms with Crippen molar-refractivity contribution in [3.05, 3.63) is 53.3 Å². The highest BCUT2D eigenvalue weighted by Crippen LogP contribution is 2.48. The van der Waals surface area contributed by atoms with Crippen LogP contribution in [0.25, 0.3) is 0 Å². The van der Waals surface area contributed by atoms with Gasteiger partial charge < -0.3 is 10.1 Å². The summed E-state index contributed by atoms with van der Waals surface area (Å²) in [6.07, 6.45) is 0. The second kappa shape index (κ2) is 8.98. The van der Waals surface area contributed by atoms with Crippen LogP contribution in [0.3, 0.4) is 0 Å². The van der Waals surface area contributed by atoms with Crippen molar-refractivity contribution in [1.82, 2.24) is 0 Å². The van der Waals surface area contributed by atoms with Crippen LogP contribution < -0.4 is 10.1 Å². The Hall–Kier alpha value is -0.360. The van der Waals surface area contributed by atoms with Gasteiger partial charge in [-0.15, -0.1) is 0 Å². The van der Waals surface area contributed by atoms with Gasteiger partial charge >= 0.3 is 0 Å². The fourth-order valence-electron chi connectivity index (χ4n) is 2.12. The summed E-state index contributed by atoms with van der Waals surface area (Å²) < 4.78 is 6.18. The number of nitrogens with one attached hydrogen (secondary N) is 1. The van der Waals surface area contributed by atoms with Gasteiger partial charge in [-0.2, -0.15) is 0 Å². The highest BCUT2D eigenvalue weighted by molar-refractivity contribution is 9.10. The molecule has 146 valence electrons. The van der Waals surface area contributed by atoms with Crippen LogP contribution in [0, 0.1) is 0 Å². The van der Waals surface area contributed by atoms with Crippen LogP contribution in [0.2, 0.25) is 25.1 Å². The fraction of sp³-hybridized carbons (Fsp3) is 0.278. The van der Waals surface area contributed by atoms with Crippen molar-refractivity contribution in [1.29, 1.82) is 0 Å². The predicted octanol–water partition coefficient (Wildman–Crippen LogP) is 8.03. The van der Waals surface area contributed by atoms with E-state index in [1.54, 1.807) is 0 Å².